The number of piperazine rings is 1. The van der Waals surface area contributed by atoms with Gasteiger partial charge in [-0.2, -0.15) is 9.50 Å². The fraction of sp³-hybridized carbons (Fsp3) is 0.179. The lowest BCUT2D eigenvalue weighted by atomic mass is 10.2. The van der Waals surface area contributed by atoms with Crippen LogP contribution in [0.25, 0.3) is 33.4 Å². The maximum absolute atomic E-state index is 13.7. The third-order valence-corrected chi connectivity index (χ3v) is 7.04. The van der Waals surface area contributed by atoms with Crippen molar-refractivity contribution < 1.29 is 0 Å². The zero-order valence-electron chi connectivity index (χ0n) is 20.8. The Morgan fingerprint density at radius 2 is 1.61 bits per heavy atom. The molecule has 38 heavy (non-hydrogen) atoms. The first-order valence-corrected chi connectivity index (χ1v) is 12.6. The SMILES string of the molecule is CN1CCN(c2ccc(Nc3ncc4c(=O)n5c(nc4n3)c3ccccc3n5-c3ccccn3)cc2)CC1. The van der Waals surface area contributed by atoms with Crippen molar-refractivity contribution in [1.82, 2.24) is 34.0 Å². The quantitative estimate of drug-likeness (QED) is 0.391. The van der Waals surface area contributed by atoms with E-state index in [1.165, 1.54) is 11.9 Å². The van der Waals surface area contributed by atoms with Gasteiger partial charge in [0.2, 0.25) is 5.95 Å². The van der Waals surface area contributed by atoms with Gasteiger partial charge < -0.3 is 15.1 Å². The third kappa shape index (κ3) is 3.73. The fourth-order valence-corrected chi connectivity index (χ4v) is 5.00. The van der Waals surface area contributed by atoms with Crippen LogP contribution >= 0.6 is 0 Å². The zero-order valence-corrected chi connectivity index (χ0v) is 20.8. The number of anilines is 3. The predicted octanol–water partition coefficient (Wildman–Crippen LogP) is 3.47. The van der Waals surface area contributed by atoms with E-state index >= 15 is 0 Å². The van der Waals surface area contributed by atoms with E-state index in [1.807, 2.05) is 54.6 Å². The average molecular weight is 504 g/mol. The van der Waals surface area contributed by atoms with Crippen molar-refractivity contribution in [2.45, 2.75) is 0 Å². The van der Waals surface area contributed by atoms with E-state index in [1.54, 1.807) is 15.4 Å². The summed E-state index contributed by atoms with van der Waals surface area (Å²) in [5.74, 6) is 1.01. The monoisotopic (exact) mass is 503 g/mol. The van der Waals surface area contributed by atoms with Crippen molar-refractivity contribution in [1.29, 1.82) is 0 Å². The highest BCUT2D eigenvalue weighted by Crippen LogP contribution is 2.25. The highest BCUT2D eigenvalue weighted by molar-refractivity contribution is 5.95. The molecule has 1 fully saturated rings. The number of pyridine rings is 1. The van der Waals surface area contributed by atoms with E-state index < -0.39 is 0 Å². The number of aromatic nitrogens is 6. The van der Waals surface area contributed by atoms with Crippen LogP contribution in [0.1, 0.15) is 0 Å². The van der Waals surface area contributed by atoms with Crippen molar-refractivity contribution in [3.8, 4) is 5.82 Å². The van der Waals surface area contributed by atoms with Gasteiger partial charge in [0.1, 0.15) is 5.39 Å². The van der Waals surface area contributed by atoms with E-state index in [0.29, 0.717) is 28.4 Å². The molecule has 1 aliphatic rings. The van der Waals surface area contributed by atoms with E-state index in [0.717, 1.165) is 42.8 Å². The molecule has 0 amide bonds. The highest BCUT2D eigenvalue weighted by atomic mass is 16.1. The zero-order chi connectivity index (χ0) is 25.6. The minimum Gasteiger partial charge on any atom is -0.369 e. The van der Waals surface area contributed by atoms with Crippen LogP contribution in [0.3, 0.4) is 0 Å². The Hall–Kier alpha value is -4.83. The summed E-state index contributed by atoms with van der Waals surface area (Å²) in [5, 5.41) is 4.43. The number of rotatable bonds is 4. The third-order valence-electron chi connectivity index (χ3n) is 7.04. The number of likely N-dealkylation sites (N-methyl/N-ethyl adjacent to an activating group) is 1. The van der Waals surface area contributed by atoms with Crippen molar-refractivity contribution in [3.63, 3.8) is 0 Å². The van der Waals surface area contributed by atoms with E-state index in [9.17, 15) is 4.79 Å². The maximum Gasteiger partial charge on any atom is 0.284 e. The van der Waals surface area contributed by atoms with Gasteiger partial charge in [-0.15, -0.1) is 0 Å². The summed E-state index contributed by atoms with van der Waals surface area (Å²) in [6, 6.07) is 21.6. The number of nitrogens with zero attached hydrogens (tertiary/aromatic N) is 8. The molecule has 1 saturated heterocycles. The Kier molecular flexibility index (Phi) is 5.26. The Morgan fingerprint density at radius 1 is 0.816 bits per heavy atom. The summed E-state index contributed by atoms with van der Waals surface area (Å²) < 4.78 is 3.33. The molecule has 6 aromatic rings. The van der Waals surface area contributed by atoms with E-state index in [4.69, 9.17) is 4.98 Å². The summed E-state index contributed by atoms with van der Waals surface area (Å²) in [6.07, 6.45) is 3.24. The molecule has 188 valence electrons. The van der Waals surface area contributed by atoms with Crippen LogP contribution in [0.15, 0.2) is 83.9 Å². The molecule has 10 heteroatoms. The van der Waals surface area contributed by atoms with Crippen LogP contribution < -0.4 is 15.8 Å². The summed E-state index contributed by atoms with van der Waals surface area (Å²) >= 11 is 0. The maximum atomic E-state index is 13.7. The lowest BCUT2D eigenvalue weighted by molar-refractivity contribution is 0.313. The molecule has 0 atom stereocenters. The predicted molar refractivity (Wildman–Crippen MR) is 149 cm³/mol. The first-order chi connectivity index (χ1) is 18.7. The number of benzene rings is 2. The van der Waals surface area contributed by atoms with Crippen molar-refractivity contribution in [2.75, 3.05) is 43.4 Å². The second-order valence-corrected chi connectivity index (χ2v) is 9.46. The van der Waals surface area contributed by atoms with Crippen molar-refractivity contribution in [2.24, 2.45) is 0 Å². The van der Waals surface area contributed by atoms with Gasteiger partial charge in [0.05, 0.1) is 5.52 Å². The summed E-state index contributed by atoms with van der Waals surface area (Å²) in [6.45, 7) is 4.16. The van der Waals surface area contributed by atoms with Crippen LogP contribution in [0, 0.1) is 0 Å². The Labute approximate surface area is 217 Å². The second kappa shape index (κ2) is 8.93. The topological polar surface area (TPSA) is 96.5 Å². The smallest absolute Gasteiger partial charge is 0.284 e. The Bertz CT molecular complexity index is 1840. The van der Waals surface area contributed by atoms with E-state index in [-0.39, 0.29) is 5.56 Å². The molecule has 1 aliphatic heterocycles. The lowest BCUT2D eigenvalue weighted by Crippen LogP contribution is -2.44. The molecule has 10 nitrogen and oxygen atoms in total. The van der Waals surface area contributed by atoms with Crippen LogP contribution in [0.5, 0.6) is 0 Å². The minimum atomic E-state index is -0.255. The standard InChI is InChI=1S/C28H25N9O/c1-34-14-16-35(17-15-34)20-11-9-19(10-12-20)31-28-30-18-22-25(33-28)32-26-21-6-2-3-7-23(21)36(37(26)27(22)38)24-8-4-5-13-29-24/h2-13,18H,14-17H2,1H3,(H,30,31,33). The number of fused-ring (bicyclic) bond motifs is 4. The molecule has 0 saturated carbocycles. The van der Waals surface area contributed by atoms with Gasteiger partial charge in [-0.3, -0.25) is 4.79 Å². The Morgan fingerprint density at radius 3 is 2.39 bits per heavy atom. The number of hydrogen-bond acceptors (Lipinski definition) is 8. The molecule has 0 aliphatic carbocycles. The minimum absolute atomic E-state index is 0.255. The first-order valence-electron chi connectivity index (χ1n) is 12.6. The van der Waals surface area contributed by atoms with Crippen LogP contribution in [0.4, 0.5) is 17.3 Å². The van der Waals surface area contributed by atoms with Gasteiger partial charge >= 0.3 is 0 Å². The number of nitrogens with one attached hydrogen (secondary N) is 1. The van der Waals surface area contributed by atoms with Crippen LogP contribution in [-0.2, 0) is 0 Å². The highest BCUT2D eigenvalue weighted by Gasteiger charge is 2.19. The largest absolute Gasteiger partial charge is 0.369 e. The van der Waals surface area contributed by atoms with Gasteiger partial charge in [-0.05, 0) is 55.6 Å². The number of hydrogen-bond donors (Lipinski definition) is 1. The molecule has 0 spiro atoms. The van der Waals surface area contributed by atoms with Crippen LogP contribution in [-0.4, -0.2) is 67.3 Å². The molecule has 2 aromatic carbocycles. The average Bonchev–Trinajstić information content (AvgIpc) is 3.29. The summed E-state index contributed by atoms with van der Waals surface area (Å²) in [4.78, 5) is 36.7. The molecule has 0 unspecified atom stereocenters. The van der Waals surface area contributed by atoms with Gasteiger partial charge in [0.15, 0.2) is 17.1 Å². The molecule has 4 aromatic heterocycles. The van der Waals surface area contributed by atoms with Crippen molar-refractivity contribution >= 4 is 44.9 Å². The van der Waals surface area contributed by atoms with Gasteiger partial charge in [-0.1, -0.05) is 18.2 Å². The van der Waals surface area contributed by atoms with Gasteiger partial charge in [0.25, 0.3) is 5.56 Å². The van der Waals surface area contributed by atoms with Gasteiger partial charge in [-0.25, -0.2) is 19.6 Å². The number of para-hydroxylation sites is 1. The van der Waals surface area contributed by atoms with Crippen LogP contribution in [0.2, 0.25) is 0 Å². The first kappa shape index (κ1) is 22.4. The summed E-state index contributed by atoms with van der Waals surface area (Å²) in [5.41, 5.74) is 3.50. The Balaban J connectivity index is 1.27. The molecular formula is C28H25N9O. The lowest BCUT2D eigenvalue weighted by Gasteiger charge is -2.34. The molecule has 0 radical (unpaired) electrons. The van der Waals surface area contributed by atoms with Crippen molar-refractivity contribution in [3.05, 3.63) is 89.5 Å². The molecule has 7 rings (SSSR count). The second-order valence-electron chi connectivity index (χ2n) is 9.46. The molecular weight excluding hydrogens is 478 g/mol. The molecule has 5 heterocycles. The normalized spacial score (nSPS) is 14.5. The summed E-state index contributed by atoms with van der Waals surface area (Å²) in [7, 11) is 2.15. The van der Waals surface area contributed by atoms with Gasteiger partial charge in [0, 0.05) is 55.3 Å². The fourth-order valence-electron chi connectivity index (χ4n) is 5.00. The van der Waals surface area contributed by atoms with E-state index in [2.05, 4.69) is 49.2 Å². The molecule has 1 N–H and O–H groups in total. The molecule has 0 bridgehead atoms.